The SMILES string of the molecule is CSCCC(NC(=O)COc1ccccc1)C(=O)NC1CCCNC1. The summed E-state index contributed by atoms with van der Waals surface area (Å²) in [6.45, 7) is 1.68. The van der Waals surface area contributed by atoms with Crippen molar-refractivity contribution in [1.29, 1.82) is 0 Å². The summed E-state index contributed by atoms with van der Waals surface area (Å²) in [6.07, 6.45) is 4.61. The maximum atomic E-state index is 12.5. The van der Waals surface area contributed by atoms with Crippen LogP contribution in [0.5, 0.6) is 5.75 Å². The Kier molecular flexibility index (Phi) is 8.62. The fraction of sp³-hybridized carbons (Fsp3) is 0.556. The number of hydrogen-bond acceptors (Lipinski definition) is 5. The number of thioether (sulfide) groups is 1. The summed E-state index contributed by atoms with van der Waals surface area (Å²) in [5.41, 5.74) is 0. The van der Waals surface area contributed by atoms with Gasteiger partial charge in [0.25, 0.3) is 5.91 Å². The van der Waals surface area contributed by atoms with Gasteiger partial charge in [-0.2, -0.15) is 11.8 Å². The fourth-order valence-corrected chi connectivity index (χ4v) is 3.15. The highest BCUT2D eigenvalue weighted by Gasteiger charge is 2.24. The van der Waals surface area contributed by atoms with Gasteiger partial charge in [0.05, 0.1) is 0 Å². The predicted molar refractivity (Wildman–Crippen MR) is 101 cm³/mol. The van der Waals surface area contributed by atoms with Crippen LogP contribution in [-0.4, -0.2) is 55.6 Å². The molecule has 0 bridgehead atoms. The minimum Gasteiger partial charge on any atom is -0.484 e. The Morgan fingerprint density at radius 3 is 2.84 bits per heavy atom. The van der Waals surface area contributed by atoms with Crippen molar-refractivity contribution in [3.05, 3.63) is 30.3 Å². The van der Waals surface area contributed by atoms with Crippen LogP contribution in [0.2, 0.25) is 0 Å². The highest BCUT2D eigenvalue weighted by Crippen LogP contribution is 2.08. The molecule has 0 saturated carbocycles. The number of carbonyl (C=O) groups is 2. The smallest absolute Gasteiger partial charge is 0.258 e. The van der Waals surface area contributed by atoms with Crippen molar-refractivity contribution in [2.75, 3.05) is 31.7 Å². The molecule has 0 radical (unpaired) electrons. The van der Waals surface area contributed by atoms with E-state index in [-0.39, 0.29) is 24.5 Å². The van der Waals surface area contributed by atoms with Crippen molar-refractivity contribution in [3.63, 3.8) is 0 Å². The molecule has 1 fully saturated rings. The number of rotatable bonds is 9. The van der Waals surface area contributed by atoms with E-state index in [9.17, 15) is 9.59 Å². The van der Waals surface area contributed by atoms with Crippen molar-refractivity contribution in [1.82, 2.24) is 16.0 Å². The van der Waals surface area contributed by atoms with Crippen molar-refractivity contribution in [2.24, 2.45) is 0 Å². The lowest BCUT2D eigenvalue weighted by Crippen LogP contribution is -2.53. The van der Waals surface area contributed by atoms with Gasteiger partial charge in [-0.1, -0.05) is 18.2 Å². The number of benzene rings is 1. The molecule has 25 heavy (non-hydrogen) atoms. The van der Waals surface area contributed by atoms with Crippen molar-refractivity contribution >= 4 is 23.6 Å². The summed E-state index contributed by atoms with van der Waals surface area (Å²) in [6, 6.07) is 8.77. The van der Waals surface area contributed by atoms with Gasteiger partial charge in [0, 0.05) is 12.6 Å². The zero-order valence-corrected chi connectivity index (χ0v) is 15.4. The summed E-state index contributed by atoms with van der Waals surface area (Å²) >= 11 is 1.66. The van der Waals surface area contributed by atoms with Crippen LogP contribution < -0.4 is 20.7 Å². The number of amides is 2. The lowest BCUT2D eigenvalue weighted by molar-refractivity contribution is -0.130. The Morgan fingerprint density at radius 2 is 2.16 bits per heavy atom. The number of piperidine rings is 1. The second-order valence-corrected chi connectivity index (χ2v) is 7.04. The Labute approximate surface area is 153 Å². The zero-order chi connectivity index (χ0) is 17.9. The molecule has 138 valence electrons. The van der Waals surface area contributed by atoms with Gasteiger partial charge in [0.15, 0.2) is 6.61 Å². The summed E-state index contributed by atoms with van der Waals surface area (Å²) in [5.74, 6) is 1.04. The summed E-state index contributed by atoms with van der Waals surface area (Å²) in [4.78, 5) is 24.7. The van der Waals surface area contributed by atoms with E-state index < -0.39 is 6.04 Å². The molecular formula is C18H27N3O3S. The molecule has 1 saturated heterocycles. The number of ether oxygens (including phenoxy) is 1. The third-order valence-electron chi connectivity index (χ3n) is 4.02. The topological polar surface area (TPSA) is 79.5 Å². The highest BCUT2D eigenvalue weighted by atomic mass is 32.2. The first-order chi connectivity index (χ1) is 12.2. The van der Waals surface area contributed by atoms with E-state index in [4.69, 9.17) is 4.74 Å². The Morgan fingerprint density at radius 1 is 1.36 bits per heavy atom. The largest absolute Gasteiger partial charge is 0.484 e. The van der Waals surface area contributed by atoms with Crippen molar-refractivity contribution in [2.45, 2.75) is 31.3 Å². The molecule has 1 aliphatic rings. The Bertz CT molecular complexity index is 536. The third-order valence-corrected chi connectivity index (χ3v) is 4.66. The first-order valence-electron chi connectivity index (χ1n) is 8.66. The van der Waals surface area contributed by atoms with Gasteiger partial charge in [-0.15, -0.1) is 0 Å². The number of hydrogen-bond donors (Lipinski definition) is 3. The average Bonchev–Trinajstić information content (AvgIpc) is 2.65. The first-order valence-corrected chi connectivity index (χ1v) is 10.1. The van der Waals surface area contributed by atoms with E-state index in [1.54, 1.807) is 23.9 Å². The second kappa shape index (κ2) is 11.0. The van der Waals surface area contributed by atoms with Gasteiger partial charge in [-0.3, -0.25) is 9.59 Å². The normalized spacial score (nSPS) is 18.2. The maximum absolute atomic E-state index is 12.5. The Balaban J connectivity index is 1.82. The molecule has 7 heteroatoms. The molecule has 3 N–H and O–H groups in total. The van der Waals surface area contributed by atoms with E-state index in [2.05, 4.69) is 16.0 Å². The molecule has 1 aliphatic heterocycles. The monoisotopic (exact) mass is 365 g/mol. The van der Waals surface area contributed by atoms with Crippen molar-refractivity contribution in [3.8, 4) is 5.75 Å². The van der Waals surface area contributed by atoms with Crippen LogP contribution in [0.15, 0.2) is 30.3 Å². The van der Waals surface area contributed by atoms with E-state index in [0.717, 1.165) is 31.7 Å². The minimum atomic E-state index is -0.527. The average molecular weight is 365 g/mol. The molecule has 2 amide bonds. The minimum absolute atomic E-state index is 0.0992. The third kappa shape index (κ3) is 7.36. The summed E-state index contributed by atoms with van der Waals surface area (Å²) in [5, 5.41) is 9.12. The molecule has 1 aromatic carbocycles. The highest BCUT2D eigenvalue weighted by molar-refractivity contribution is 7.98. The second-order valence-electron chi connectivity index (χ2n) is 6.06. The molecule has 1 aromatic rings. The molecule has 2 rings (SSSR count). The predicted octanol–water partition coefficient (Wildman–Crippen LogP) is 1.17. The lowest BCUT2D eigenvalue weighted by atomic mass is 10.1. The van der Waals surface area contributed by atoms with Crippen molar-refractivity contribution < 1.29 is 14.3 Å². The maximum Gasteiger partial charge on any atom is 0.258 e. The van der Waals surface area contributed by atoms with Gasteiger partial charge < -0.3 is 20.7 Å². The van der Waals surface area contributed by atoms with Gasteiger partial charge in [0.2, 0.25) is 5.91 Å². The Hall–Kier alpha value is -1.73. The quantitative estimate of drug-likeness (QED) is 0.612. The van der Waals surface area contributed by atoms with E-state index in [1.807, 2.05) is 24.5 Å². The molecule has 0 spiro atoms. The molecule has 0 aliphatic carbocycles. The van der Waals surface area contributed by atoms with Crippen LogP contribution in [0.25, 0.3) is 0 Å². The number of nitrogens with one attached hydrogen (secondary N) is 3. The summed E-state index contributed by atoms with van der Waals surface area (Å²) < 4.78 is 5.44. The standard InChI is InChI=1S/C18H27N3O3S/c1-25-11-9-16(18(23)20-14-6-5-10-19-12-14)21-17(22)13-24-15-7-3-2-4-8-15/h2-4,7-8,14,16,19H,5-6,9-13H2,1H3,(H,20,23)(H,21,22). The van der Waals surface area contributed by atoms with E-state index in [0.29, 0.717) is 12.2 Å². The lowest BCUT2D eigenvalue weighted by Gasteiger charge is -2.26. The summed E-state index contributed by atoms with van der Waals surface area (Å²) in [7, 11) is 0. The van der Waals surface area contributed by atoms with Gasteiger partial charge in [-0.25, -0.2) is 0 Å². The zero-order valence-electron chi connectivity index (χ0n) is 14.6. The van der Waals surface area contributed by atoms with Gasteiger partial charge >= 0.3 is 0 Å². The molecule has 1 heterocycles. The van der Waals surface area contributed by atoms with Crippen LogP contribution in [0.4, 0.5) is 0 Å². The van der Waals surface area contributed by atoms with Crippen LogP contribution in [0.1, 0.15) is 19.3 Å². The first kappa shape index (κ1) is 19.6. The van der Waals surface area contributed by atoms with E-state index in [1.165, 1.54) is 0 Å². The number of para-hydroxylation sites is 1. The molecule has 2 unspecified atom stereocenters. The van der Waals surface area contributed by atoms with Crippen LogP contribution in [0.3, 0.4) is 0 Å². The van der Waals surface area contributed by atoms with Gasteiger partial charge in [-0.05, 0) is 49.9 Å². The van der Waals surface area contributed by atoms with Crippen LogP contribution >= 0.6 is 11.8 Å². The van der Waals surface area contributed by atoms with Gasteiger partial charge in [0.1, 0.15) is 11.8 Å². The molecular weight excluding hydrogens is 338 g/mol. The fourth-order valence-electron chi connectivity index (χ4n) is 2.68. The number of carbonyl (C=O) groups excluding carboxylic acids is 2. The van der Waals surface area contributed by atoms with E-state index >= 15 is 0 Å². The van der Waals surface area contributed by atoms with Crippen LogP contribution in [-0.2, 0) is 9.59 Å². The molecule has 2 atom stereocenters. The van der Waals surface area contributed by atoms with Crippen LogP contribution in [0, 0.1) is 0 Å². The molecule has 6 nitrogen and oxygen atoms in total. The molecule has 0 aromatic heterocycles.